The third kappa shape index (κ3) is 1.29. The molecule has 0 aromatic carbocycles. The van der Waals surface area contributed by atoms with Crippen LogP contribution in [0, 0.1) is 0 Å². The van der Waals surface area contributed by atoms with Crippen molar-refractivity contribution in [3.63, 3.8) is 0 Å². The lowest BCUT2D eigenvalue weighted by Crippen LogP contribution is -1.76. The van der Waals surface area contributed by atoms with Crippen molar-refractivity contribution in [1.82, 2.24) is 10.2 Å². The average Bonchev–Trinajstić information content (AvgIpc) is 2.72. The van der Waals surface area contributed by atoms with E-state index in [1.54, 1.807) is 11.3 Å². The van der Waals surface area contributed by atoms with Crippen LogP contribution in [-0.4, -0.2) is 10.2 Å². The van der Waals surface area contributed by atoms with Gasteiger partial charge in [-0.25, -0.2) is 0 Å². The van der Waals surface area contributed by atoms with Gasteiger partial charge in [0.2, 0.25) is 0 Å². The lowest BCUT2D eigenvalue weighted by Gasteiger charge is -1.85. The maximum absolute atomic E-state index is 4.30. The summed E-state index contributed by atoms with van der Waals surface area (Å²) in [6.45, 7) is 0. The highest BCUT2D eigenvalue weighted by atomic mass is 32.1. The van der Waals surface area contributed by atoms with Crippen LogP contribution in [-0.2, 0) is 0 Å². The molecule has 0 atom stereocenters. The first-order valence-corrected chi connectivity index (χ1v) is 5.45. The summed E-state index contributed by atoms with van der Waals surface area (Å²) in [5.74, 6) is 0.764. The summed E-state index contributed by atoms with van der Waals surface area (Å²) in [5.41, 5.74) is 3.62. The molecule has 0 saturated heterocycles. The van der Waals surface area contributed by atoms with Crippen molar-refractivity contribution in [3.05, 3.63) is 28.6 Å². The fraction of sp³-hybridized carbons (Fsp3) is 0.300. The maximum Gasteiger partial charge on any atom is 0.0931 e. The molecule has 0 spiro atoms. The number of aromatic nitrogens is 2. The van der Waals surface area contributed by atoms with Crippen molar-refractivity contribution in [2.75, 3.05) is 0 Å². The highest BCUT2D eigenvalue weighted by Gasteiger charge is 2.25. The monoisotopic (exact) mass is 190 g/mol. The molecule has 0 bridgehead atoms. The number of rotatable bonds is 2. The Morgan fingerprint density at radius 3 is 3.08 bits per heavy atom. The van der Waals surface area contributed by atoms with Crippen molar-refractivity contribution < 1.29 is 0 Å². The first-order chi connectivity index (χ1) is 6.43. The zero-order valence-corrected chi connectivity index (χ0v) is 7.97. The Bertz CT molecular complexity index is 398. The van der Waals surface area contributed by atoms with Crippen molar-refractivity contribution in [1.29, 1.82) is 0 Å². The molecule has 0 amide bonds. The molecule has 3 rings (SSSR count). The van der Waals surface area contributed by atoms with Gasteiger partial charge in [-0.3, -0.25) is 5.10 Å². The predicted molar refractivity (Wildman–Crippen MR) is 53.9 cm³/mol. The first kappa shape index (κ1) is 7.33. The van der Waals surface area contributed by atoms with Crippen LogP contribution in [0.15, 0.2) is 22.9 Å². The number of hydrogen-bond acceptors (Lipinski definition) is 2. The minimum absolute atomic E-state index is 0.764. The van der Waals surface area contributed by atoms with Gasteiger partial charge in [0.25, 0.3) is 0 Å². The highest BCUT2D eigenvalue weighted by Crippen LogP contribution is 2.39. The van der Waals surface area contributed by atoms with Crippen LogP contribution in [0.1, 0.15) is 24.5 Å². The van der Waals surface area contributed by atoms with Crippen LogP contribution in [0.3, 0.4) is 0 Å². The highest BCUT2D eigenvalue weighted by molar-refractivity contribution is 7.08. The summed E-state index contributed by atoms with van der Waals surface area (Å²) in [6, 6.07) is 4.29. The van der Waals surface area contributed by atoms with Crippen molar-refractivity contribution >= 4 is 11.3 Å². The molecule has 1 aliphatic rings. The van der Waals surface area contributed by atoms with E-state index in [0.29, 0.717) is 0 Å². The number of H-pyrrole nitrogens is 1. The van der Waals surface area contributed by atoms with E-state index in [2.05, 4.69) is 33.1 Å². The second-order valence-electron chi connectivity index (χ2n) is 3.49. The maximum atomic E-state index is 4.30. The van der Waals surface area contributed by atoms with E-state index in [1.165, 1.54) is 24.1 Å². The summed E-state index contributed by atoms with van der Waals surface area (Å²) < 4.78 is 0. The number of aromatic amines is 1. The zero-order valence-electron chi connectivity index (χ0n) is 7.16. The normalized spacial score (nSPS) is 16.3. The Hall–Kier alpha value is -1.09. The molecule has 1 aliphatic carbocycles. The SMILES string of the molecule is c1cc(-c2cc(C3CC3)[nH]n2)cs1. The van der Waals surface area contributed by atoms with Crippen LogP contribution >= 0.6 is 11.3 Å². The summed E-state index contributed by atoms with van der Waals surface area (Å²) in [5, 5.41) is 11.6. The third-order valence-electron chi connectivity index (χ3n) is 2.43. The number of nitrogens with zero attached hydrogens (tertiary/aromatic N) is 1. The van der Waals surface area contributed by atoms with Gasteiger partial charge >= 0.3 is 0 Å². The zero-order chi connectivity index (χ0) is 8.67. The summed E-state index contributed by atoms with van der Waals surface area (Å²) in [6.07, 6.45) is 2.65. The van der Waals surface area contributed by atoms with E-state index in [0.717, 1.165) is 11.6 Å². The molecule has 2 aromatic rings. The minimum atomic E-state index is 0.764. The molecular formula is C10H10N2S. The lowest BCUT2D eigenvalue weighted by atomic mass is 10.2. The second-order valence-corrected chi connectivity index (χ2v) is 4.27. The van der Waals surface area contributed by atoms with Gasteiger partial charge in [0.05, 0.1) is 5.69 Å². The van der Waals surface area contributed by atoms with Gasteiger partial charge < -0.3 is 0 Å². The molecule has 1 N–H and O–H groups in total. The molecule has 0 aliphatic heterocycles. The molecule has 0 radical (unpaired) electrons. The Morgan fingerprint density at radius 1 is 1.46 bits per heavy atom. The average molecular weight is 190 g/mol. The van der Waals surface area contributed by atoms with Gasteiger partial charge in [-0.1, -0.05) is 0 Å². The Kier molecular flexibility index (Phi) is 1.52. The minimum Gasteiger partial charge on any atom is -0.282 e. The molecule has 1 fully saturated rings. The van der Waals surface area contributed by atoms with Crippen molar-refractivity contribution in [2.24, 2.45) is 0 Å². The van der Waals surface area contributed by atoms with Gasteiger partial charge in [-0.15, -0.1) is 0 Å². The van der Waals surface area contributed by atoms with Gasteiger partial charge in [-0.2, -0.15) is 16.4 Å². The van der Waals surface area contributed by atoms with E-state index < -0.39 is 0 Å². The Morgan fingerprint density at radius 2 is 2.38 bits per heavy atom. The third-order valence-corrected chi connectivity index (χ3v) is 3.12. The molecule has 0 unspecified atom stereocenters. The molecule has 1 saturated carbocycles. The Balaban J connectivity index is 1.97. The second kappa shape index (κ2) is 2.70. The number of nitrogens with one attached hydrogen (secondary N) is 1. The van der Waals surface area contributed by atoms with E-state index in [4.69, 9.17) is 0 Å². The molecule has 66 valence electrons. The van der Waals surface area contributed by atoms with Crippen LogP contribution in [0.25, 0.3) is 11.3 Å². The van der Waals surface area contributed by atoms with Gasteiger partial charge in [0.1, 0.15) is 0 Å². The molecule has 3 heteroatoms. The first-order valence-electron chi connectivity index (χ1n) is 4.51. The molecule has 13 heavy (non-hydrogen) atoms. The topological polar surface area (TPSA) is 28.7 Å². The van der Waals surface area contributed by atoms with Gasteiger partial charge in [-0.05, 0) is 30.4 Å². The molecular weight excluding hydrogens is 180 g/mol. The van der Waals surface area contributed by atoms with E-state index >= 15 is 0 Å². The fourth-order valence-corrected chi connectivity index (χ4v) is 2.15. The summed E-state index contributed by atoms with van der Waals surface area (Å²) in [4.78, 5) is 0. The summed E-state index contributed by atoms with van der Waals surface area (Å²) in [7, 11) is 0. The number of thiophene rings is 1. The molecule has 2 nitrogen and oxygen atoms in total. The number of hydrogen-bond donors (Lipinski definition) is 1. The van der Waals surface area contributed by atoms with Crippen molar-refractivity contribution in [2.45, 2.75) is 18.8 Å². The van der Waals surface area contributed by atoms with Crippen LogP contribution in [0.5, 0.6) is 0 Å². The van der Waals surface area contributed by atoms with Crippen LogP contribution < -0.4 is 0 Å². The van der Waals surface area contributed by atoms with E-state index in [-0.39, 0.29) is 0 Å². The van der Waals surface area contributed by atoms with Gasteiger partial charge in [0, 0.05) is 22.6 Å². The quantitative estimate of drug-likeness (QED) is 0.774. The smallest absolute Gasteiger partial charge is 0.0931 e. The fourth-order valence-electron chi connectivity index (χ4n) is 1.50. The van der Waals surface area contributed by atoms with Crippen molar-refractivity contribution in [3.8, 4) is 11.3 Å². The molecule has 2 heterocycles. The van der Waals surface area contributed by atoms with Crippen LogP contribution in [0.4, 0.5) is 0 Å². The summed E-state index contributed by atoms with van der Waals surface area (Å²) >= 11 is 1.71. The standard InChI is InChI=1S/C10H10N2S/c1-2-7(1)9-5-10(12-11-9)8-3-4-13-6-8/h3-7H,1-2H2,(H,11,12). The van der Waals surface area contributed by atoms with E-state index in [9.17, 15) is 0 Å². The predicted octanol–water partition coefficient (Wildman–Crippen LogP) is 3.02. The lowest BCUT2D eigenvalue weighted by molar-refractivity contribution is 0.967. The van der Waals surface area contributed by atoms with Crippen LogP contribution in [0.2, 0.25) is 0 Å². The largest absolute Gasteiger partial charge is 0.282 e. The molecule has 2 aromatic heterocycles. The Labute approximate surface area is 80.6 Å². The van der Waals surface area contributed by atoms with E-state index in [1.807, 2.05) is 0 Å². The van der Waals surface area contributed by atoms with Gasteiger partial charge in [0.15, 0.2) is 0 Å².